The predicted octanol–water partition coefficient (Wildman–Crippen LogP) is 1.19. The number of aryl methyl sites for hydroxylation is 2. The fourth-order valence-electron chi connectivity index (χ4n) is 1.97. The SMILES string of the molecule is CCc1nn(C)c(C(=O)OCc2cccnc2C#N)c1N. The summed E-state index contributed by atoms with van der Waals surface area (Å²) in [6.45, 7) is 1.87. The zero-order valence-electron chi connectivity index (χ0n) is 11.8. The molecule has 0 fully saturated rings. The predicted molar refractivity (Wildman–Crippen MR) is 75.1 cm³/mol. The van der Waals surface area contributed by atoms with Crippen LogP contribution in [0, 0.1) is 11.3 Å². The van der Waals surface area contributed by atoms with Crippen molar-refractivity contribution in [1.29, 1.82) is 5.26 Å². The van der Waals surface area contributed by atoms with Crippen LogP contribution in [0.2, 0.25) is 0 Å². The summed E-state index contributed by atoms with van der Waals surface area (Å²) in [6.07, 6.45) is 2.14. The van der Waals surface area contributed by atoms with Crippen LogP contribution in [0.4, 0.5) is 5.69 Å². The number of nitrogen functional groups attached to an aromatic ring is 1. The van der Waals surface area contributed by atoms with Crippen molar-refractivity contribution in [2.45, 2.75) is 20.0 Å². The van der Waals surface area contributed by atoms with Gasteiger partial charge in [0, 0.05) is 18.8 Å². The molecule has 2 N–H and O–H groups in total. The normalized spacial score (nSPS) is 10.1. The molecule has 0 atom stereocenters. The Labute approximate surface area is 122 Å². The van der Waals surface area contributed by atoms with Gasteiger partial charge in [0.15, 0.2) is 5.69 Å². The molecule has 0 spiro atoms. The van der Waals surface area contributed by atoms with E-state index in [4.69, 9.17) is 15.7 Å². The molecule has 2 rings (SSSR count). The van der Waals surface area contributed by atoms with Crippen molar-refractivity contribution in [2.75, 3.05) is 5.73 Å². The largest absolute Gasteiger partial charge is 0.456 e. The molecule has 108 valence electrons. The van der Waals surface area contributed by atoms with Crippen LogP contribution in [0.3, 0.4) is 0 Å². The van der Waals surface area contributed by atoms with E-state index in [1.165, 1.54) is 10.9 Å². The molecular weight excluding hydrogens is 270 g/mol. The van der Waals surface area contributed by atoms with Crippen LogP contribution in [-0.4, -0.2) is 20.7 Å². The van der Waals surface area contributed by atoms with Crippen LogP contribution >= 0.6 is 0 Å². The second-order valence-corrected chi connectivity index (χ2v) is 4.39. The molecule has 0 aliphatic carbocycles. The minimum Gasteiger partial charge on any atom is -0.456 e. The molecule has 0 radical (unpaired) electrons. The Hall–Kier alpha value is -2.88. The maximum absolute atomic E-state index is 12.1. The topological polar surface area (TPSA) is 107 Å². The fraction of sp³-hybridized carbons (Fsp3) is 0.286. The number of carbonyl (C=O) groups excluding carboxylic acids is 1. The monoisotopic (exact) mass is 285 g/mol. The van der Waals surface area contributed by atoms with Crippen LogP contribution in [-0.2, 0) is 24.8 Å². The van der Waals surface area contributed by atoms with E-state index >= 15 is 0 Å². The number of pyridine rings is 1. The lowest BCUT2D eigenvalue weighted by Crippen LogP contribution is -2.13. The third-order valence-corrected chi connectivity index (χ3v) is 3.04. The van der Waals surface area contributed by atoms with Gasteiger partial charge in [0.1, 0.15) is 18.4 Å². The van der Waals surface area contributed by atoms with Crippen LogP contribution < -0.4 is 5.73 Å². The van der Waals surface area contributed by atoms with Crippen molar-refractivity contribution >= 4 is 11.7 Å². The first-order valence-electron chi connectivity index (χ1n) is 6.40. The first-order chi connectivity index (χ1) is 10.1. The summed E-state index contributed by atoms with van der Waals surface area (Å²) < 4.78 is 6.61. The lowest BCUT2D eigenvalue weighted by atomic mass is 10.2. The van der Waals surface area contributed by atoms with Gasteiger partial charge in [-0.3, -0.25) is 4.68 Å². The van der Waals surface area contributed by atoms with E-state index in [1.54, 1.807) is 19.2 Å². The zero-order valence-corrected chi connectivity index (χ0v) is 11.8. The molecule has 0 bridgehead atoms. The smallest absolute Gasteiger partial charge is 0.359 e. The number of nitriles is 1. The van der Waals surface area contributed by atoms with Gasteiger partial charge in [0.2, 0.25) is 0 Å². The Morgan fingerprint density at radius 1 is 1.57 bits per heavy atom. The summed E-state index contributed by atoms with van der Waals surface area (Å²) in [5.74, 6) is -0.574. The number of carbonyl (C=O) groups is 1. The Morgan fingerprint density at radius 2 is 2.33 bits per heavy atom. The molecular formula is C14H15N5O2. The van der Waals surface area contributed by atoms with E-state index in [1.807, 2.05) is 13.0 Å². The van der Waals surface area contributed by atoms with E-state index in [9.17, 15) is 4.79 Å². The Kier molecular flexibility index (Phi) is 4.18. The molecule has 2 aromatic rings. The average molecular weight is 285 g/mol. The standard InChI is InChI=1S/C14H15N5O2/c1-3-10-12(16)13(19(2)18-10)14(20)21-8-9-5-4-6-17-11(9)7-15/h4-6H,3,8,16H2,1-2H3. The molecule has 0 unspecified atom stereocenters. The quantitative estimate of drug-likeness (QED) is 0.845. The van der Waals surface area contributed by atoms with Crippen molar-refractivity contribution in [1.82, 2.24) is 14.8 Å². The summed E-state index contributed by atoms with van der Waals surface area (Å²) in [7, 11) is 1.64. The summed E-state index contributed by atoms with van der Waals surface area (Å²) in [4.78, 5) is 16.0. The van der Waals surface area contributed by atoms with Gasteiger partial charge in [-0.05, 0) is 12.5 Å². The highest BCUT2D eigenvalue weighted by Crippen LogP contribution is 2.18. The van der Waals surface area contributed by atoms with Crippen LogP contribution in [0.5, 0.6) is 0 Å². The minimum atomic E-state index is -0.574. The third-order valence-electron chi connectivity index (χ3n) is 3.04. The van der Waals surface area contributed by atoms with Gasteiger partial charge in [0.25, 0.3) is 0 Å². The van der Waals surface area contributed by atoms with Gasteiger partial charge in [-0.2, -0.15) is 10.4 Å². The molecule has 0 aromatic carbocycles. The average Bonchev–Trinajstić information content (AvgIpc) is 2.79. The molecule has 0 saturated carbocycles. The first kappa shape index (κ1) is 14.5. The summed E-state index contributed by atoms with van der Waals surface area (Å²) >= 11 is 0. The van der Waals surface area contributed by atoms with E-state index < -0.39 is 5.97 Å². The summed E-state index contributed by atoms with van der Waals surface area (Å²) in [5, 5.41) is 13.1. The molecule has 2 heterocycles. The first-order valence-corrected chi connectivity index (χ1v) is 6.40. The summed E-state index contributed by atoms with van der Waals surface area (Å²) in [5.41, 5.74) is 7.87. The van der Waals surface area contributed by atoms with Gasteiger partial charge in [-0.25, -0.2) is 9.78 Å². The van der Waals surface area contributed by atoms with Crippen molar-refractivity contribution in [3.05, 3.63) is 41.0 Å². The van der Waals surface area contributed by atoms with Gasteiger partial charge in [-0.1, -0.05) is 13.0 Å². The molecule has 0 amide bonds. The molecule has 7 nitrogen and oxygen atoms in total. The number of anilines is 1. The molecule has 0 aliphatic heterocycles. The van der Waals surface area contributed by atoms with Gasteiger partial charge >= 0.3 is 5.97 Å². The van der Waals surface area contributed by atoms with E-state index in [0.29, 0.717) is 23.4 Å². The number of ether oxygens (including phenoxy) is 1. The van der Waals surface area contributed by atoms with E-state index in [2.05, 4.69) is 10.1 Å². The second kappa shape index (κ2) is 6.05. The summed E-state index contributed by atoms with van der Waals surface area (Å²) in [6, 6.07) is 5.31. The van der Waals surface area contributed by atoms with E-state index in [0.717, 1.165) is 0 Å². The van der Waals surface area contributed by atoms with Gasteiger partial charge in [0.05, 0.1) is 11.4 Å². The molecule has 7 heteroatoms. The van der Waals surface area contributed by atoms with Crippen LogP contribution in [0.15, 0.2) is 18.3 Å². The van der Waals surface area contributed by atoms with Crippen molar-refractivity contribution in [3.8, 4) is 6.07 Å². The van der Waals surface area contributed by atoms with Crippen molar-refractivity contribution in [2.24, 2.45) is 7.05 Å². The lowest BCUT2D eigenvalue weighted by molar-refractivity contribution is 0.0460. The number of rotatable bonds is 4. The van der Waals surface area contributed by atoms with Crippen LogP contribution in [0.1, 0.15) is 34.4 Å². The van der Waals surface area contributed by atoms with E-state index in [-0.39, 0.29) is 18.0 Å². The van der Waals surface area contributed by atoms with Crippen molar-refractivity contribution < 1.29 is 9.53 Å². The fourth-order valence-corrected chi connectivity index (χ4v) is 1.97. The highest BCUT2D eigenvalue weighted by molar-refractivity contribution is 5.93. The second-order valence-electron chi connectivity index (χ2n) is 4.39. The number of nitrogens with zero attached hydrogens (tertiary/aromatic N) is 4. The Morgan fingerprint density at radius 3 is 2.95 bits per heavy atom. The van der Waals surface area contributed by atoms with Crippen molar-refractivity contribution in [3.63, 3.8) is 0 Å². The number of hydrogen-bond acceptors (Lipinski definition) is 6. The molecule has 21 heavy (non-hydrogen) atoms. The number of nitrogens with two attached hydrogens (primary N) is 1. The number of esters is 1. The third kappa shape index (κ3) is 2.84. The molecule has 2 aromatic heterocycles. The Balaban J connectivity index is 2.16. The van der Waals surface area contributed by atoms with Crippen LogP contribution in [0.25, 0.3) is 0 Å². The van der Waals surface area contributed by atoms with Gasteiger partial charge in [-0.15, -0.1) is 0 Å². The Bertz CT molecular complexity index is 715. The number of aromatic nitrogens is 3. The highest BCUT2D eigenvalue weighted by atomic mass is 16.5. The number of hydrogen-bond donors (Lipinski definition) is 1. The molecule has 0 saturated heterocycles. The maximum Gasteiger partial charge on any atom is 0.359 e. The van der Waals surface area contributed by atoms with Gasteiger partial charge < -0.3 is 10.5 Å². The maximum atomic E-state index is 12.1. The zero-order chi connectivity index (χ0) is 15.4. The lowest BCUT2D eigenvalue weighted by Gasteiger charge is -2.06. The molecule has 0 aliphatic rings. The minimum absolute atomic E-state index is 0.0400. The highest BCUT2D eigenvalue weighted by Gasteiger charge is 2.20.